The highest BCUT2D eigenvalue weighted by Crippen LogP contribution is 2.38. The smallest absolute Gasteiger partial charge is 0.228 e. The first-order valence-electron chi connectivity index (χ1n) is 7.59. The molecule has 0 heterocycles. The molecular formula is C17H22ClNO. The molecule has 20 heavy (non-hydrogen) atoms. The molecule has 1 saturated carbocycles. The largest absolute Gasteiger partial charge is 0.349 e. The van der Waals surface area contributed by atoms with Crippen molar-refractivity contribution in [2.45, 2.75) is 50.5 Å². The first-order valence-corrected chi connectivity index (χ1v) is 8.13. The number of fused-ring (bicyclic) bond motifs is 1. The molecular weight excluding hydrogens is 270 g/mol. The molecule has 108 valence electrons. The number of nitrogens with one attached hydrogen (secondary N) is 1. The van der Waals surface area contributed by atoms with Gasteiger partial charge < -0.3 is 5.32 Å². The van der Waals surface area contributed by atoms with E-state index < -0.39 is 0 Å². The Labute approximate surface area is 125 Å². The lowest BCUT2D eigenvalue weighted by Crippen LogP contribution is -2.54. The van der Waals surface area contributed by atoms with Gasteiger partial charge in [-0.3, -0.25) is 4.79 Å². The monoisotopic (exact) mass is 291 g/mol. The summed E-state index contributed by atoms with van der Waals surface area (Å²) in [6.07, 6.45) is 5.31. The number of carbonyl (C=O) groups excluding carboxylic acids is 1. The van der Waals surface area contributed by atoms with E-state index in [9.17, 15) is 4.79 Å². The zero-order valence-corrected chi connectivity index (χ0v) is 12.7. The van der Waals surface area contributed by atoms with Gasteiger partial charge in [-0.1, -0.05) is 44.0 Å². The van der Waals surface area contributed by atoms with Crippen LogP contribution in [0.1, 0.15) is 49.7 Å². The standard InChI is InChI=1S/C17H22ClNO/c1-12-5-4-8-17(10-12,11-18)19-16(20)15-9-13-6-2-3-7-14(13)15/h2-3,6-7,12,15H,4-5,8-11H2,1H3,(H,19,20). The van der Waals surface area contributed by atoms with E-state index in [4.69, 9.17) is 11.6 Å². The van der Waals surface area contributed by atoms with Crippen molar-refractivity contribution in [1.29, 1.82) is 0 Å². The average Bonchev–Trinajstić information content (AvgIpc) is 2.40. The van der Waals surface area contributed by atoms with Crippen LogP contribution in [-0.4, -0.2) is 17.3 Å². The molecule has 1 amide bonds. The van der Waals surface area contributed by atoms with E-state index in [1.807, 2.05) is 12.1 Å². The van der Waals surface area contributed by atoms with Crippen LogP contribution >= 0.6 is 11.6 Å². The van der Waals surface area contributed by atoms with E-state index in [2.05, 4.69) is 24.4 Å². The predicted octanol–water partition coefficient (Wildman–Crippen LogP) is 3.63. The molecule has 0 aliphatic heterocycles. The van der Waals surface area contributed by atoms with Crippen LogP contribution in [0.4, 0.5) is 0 Å². The van der Waals surface area contributed by atoms with Gasteiger partial charge in [-0.05, 0) is 36.3 Å². The molecule has 0 saturated heterocycles. The topological polar surface area (TPSA) is 29.1 Å². The van der Waals surface area contributed by atoms with E-state index in [0.717, 1.165) is 25.7 Å². The number of hydrogen-bond acceptors (Lipinski definition) is 1. The fourth-order valence-electron chi connectivity index (χ4n) is 3.77. The first kappa shape index (κ1) is 13.9. The van der Waals surface area contributed by atoms with Crippen molar-refractivity contribution in [2.75, 3.05) is 5.88 Å². The van der Waals surface area contributed by atoms with E-state index in [1.165, 1.54) is 17.5 Å². The molecule has 3 heteroatoms. The Morgan fingerprint density at radius 2 is 2.25 bits per heavy atom. The van der Waals surface area contributed by atoms with Crippen LogP contribution in [-0.2, 0) is 11.2 Å². The normalized spacial score (nSPS) is 32.1. The van der Waals surface area contributed by atoms with Crippen molar-refractivity contribution in [3.63, 3.8) is 0 Å². The molecule has 2 nitrogen and oxygen atoms in total. The van der Waals surface area contributed by atoms with Crippen molar-refractivity contribution >= 4 is 17.5 Å². The molecule has 2 aliphatic rings. The van der Waals surface area contributed by atoms with Crippen molar-refractivity contribution in [3.05, 3.63) is 35.4 Å². The van der Waals surface area contributed by atoms with Gasteiger partial charge in [-0.2, -0.15) is 0 Å². The molecule has 0 bridgehead atoms. The Morgan fingerprint density at radius 1 is 1.45 bits per heavy atom. The number of rotatable bonds is 3. The third-order valence-electron chi connectivity index (χ3n) is 4.91. The summed E-state index contributed by atoms with van der Waals surface area (Å²) in [5, 5.41) is 3.28. The maximum absolute atomic E-state index is 12.6. The minimum Gasteiger partial charge on any atom is -0.349 e. The lowest BCUT2D eigenvalue weighted by molar-refractivity contribution is -0.125. The maximum atomic E-state index is 12.6. The number of hydrogen-bond donors (Lipinski definition) is 1. The molecule has 0 radical (unpaired) electrons. The Kier molecular flexibility index (Phi) is 3.76. The summed E-state index contributed by atoms with van der Waals surface area (Å²) in [5.74, 6) is 1.37. The SMILES string of the molecule is CC1CCCC(CCl)(NC(=O)C2Cc3ccccc32)C1. The molecule has 3 rings (SSSR count). The average molecular weight is 292 g/mol. The fourth-order valence-corrected chi connectivity index (χ4v) is 4.08. The highest BCUT2D eigenvalue weighted by molar-refractivity contribution is 6.18. The lowest BCUT2D eigenvalue weighted by Gasteiger charge is -2.41. The van der Waals surface area contributed by atoms with Gasteiger partial charge in [0.1, 0.15) is 0 Å². The Hall–Kier alpha value is -1.02. The third-order valence-corrected chi connectivity index (χ3v) is 5.42. The second-order valence-electron chi connectivity index (χ2n) is 6.56. The van der Waals surface area contributed by atoms with E-state index in [-0.39, 0.29) is 17.4 Å². The summed E-state index contributed by atoms with van der Waals surface area (Å²) in [4.78, 5) is 12.6. The molecule has 3 unspecified atom stereocenters. The van der Waals surface area contributed by atoms with Crippen molar-refractivity contribution < 1.29 is 4.79 Å². The van der Waals surface area contributed by atoms with Gasteiger partial charge in [-0.25, -0.2) is 0 Å². The van der Waals surface area contributed by atoms with Crippen LogP contribution in [0, 0.1) is 5.92 Å². The van der Waals surface area contributed by atoms with Crippen LogP contribution in [0.15, 0.2) is 24.3 Å². The molecule has 1 N–H and O–H groups in total. The maximum Gasteiger partial charge on any atom is 0.228 e. The number of carbonyl (C=O) groups is 1. The summed E-state index contributed by atoms with van der Waals surface area (Å²) in [7, 11) is 0. The van der Waals surface area contributed by atoms with E-state index in [0.29, 0.717) is 11.8 Å². The summed E-state index contributed by atoms with van der Waals surface area (Å²) >= 11 is 6.20. The zero-order chi connectivity index (χ0) is 14.2. The number of alkyl halides is 1. The zero-order valence-electron chi connectivity index (χ0n) is 12.0. The number of benzene rings is 1. The summed E-state index contributed by atoms with van der Waals surface area (Å²) in [5.41, 5.74) is 2.32. The van der Waals surface area contributed by atoms with Crippen LogP contribution in [0.5, 0.6) is 0 Å². The fraction of sp³-hybridized carbons (Fsp3) is 0.588. The second-order valence-corrected chi connectivity index (χ2v) is 6.83. The van der Waals surface area contributed by atoms with Crippen molar-refractivity contribution in [2.24, 2.45) is 5.92 Å². The minimum absolute atomic E-state index is 0.0310. The summed E-state index contributed by atoms with van der Waals surface area (Å²) in [6.45, 7) is 2.26. The molecule has 1 aromatic rings. The second kappa shape index (κ2) is 5.40. The van der Waals surface area contributed by atoms with Gasteiger partial charge >= 0.3 is 0 Å². The van der Waals surface area contributed by atoms with Crippen LogP contribution < -0.4 is 5.32 Å². The highest BCUT2D eigenvalue weighted by Gasteiger charge is 2.39. The number of amides is 1. The molecule has 0 aromatic heterocycles. The van der Waals surface area contributed by atoms with Crippen LogP contribution in [0.25, 0.3) is 0 Å². The quantitative estimate of drug-likeness (QED) is 0.847. The summed E-state index contributed by atoms with van der Waals surface area (Å²) in [6, 6.07) is 8.23. The van der Waals surface area contributed by atoms with Gasteiger partial charge in [0.15, 0.2) is 0 Å². The Bertz CT molecular complexity index is 515. The number of halogens is 1. The Balaban J connectivity index is 1.70. The molecule has 2 aliphatic carbocycles. The van der Waals surface area contributed by atoms with Gasteiger partial charge in [0.25, 0.3) is 0 Å². The Morgan fingerprint density at radius 3 is 2.95 bits per heavy atom. The molecule has 1 aromatic carbocycles. The van der Waals surface area contributed by atoms with Crippen LogP contribution in [0.3, 0.4) is 0 Å². The van der Waals surface area contributed by atoms with Gasteiger partial charge in [0.05, 0.1) is 11.5 Å². The van der Waals surface area contributed by atoms with Crippen molar-refractivity contribution in [3.8, 4) is 0 Å². The highest BCUT2D eigenvalue weighted by atomic mass is 35.5. The van der Waals surface area contributed by atoms with Gasteiger partial charge in [-0.15, -0.1) is 11.6 Å². The van der Waals surface area contributed by atoms with E-state index in [1.54, 1.807) is 0 Å². The molecule has 3 atom stereocenters. The lowest BCUT2D eigenvalue weighted by atomic mass is 9.74. The van der Waals surface area contributed by atoms with E-state index >= 15 is 0 Å². The van der Waals surface area contributed by atoms with Gasteiger partial charge in [0.2, 0.25) is 5.91 Å². The summed E-state index contributed by atoms with van der Waals surface area (Å²) < 4.78 is 0. The van der Waals surface area contributed by atoms with Crippen molar-refractivity contribution in [1.82, 2.24) is 5.32 Å². The van der Waals surface area contributed by atoms with Gasteiger partial charge in [0, 0.05) is 5.88 Å². The predicted molar refractivity (Wildman–Crippen MR) is 82.1 cm³/mol. The minimum atomic E-state index is -0.180. The van der Waals surface area contributed by atoms with Crippen LogP contribution in [0.2, 0.25) is 0 Å². The molecule has 1 fully saturated rings. The first-order chi connectivity index (χ1) is 9.63. The molecule has 0 spiro atoms. The third kappa shape index (κ3) is 2.46.